The Morgan fingerprint density at radius 1 is 1.32 bits per heavy atom. The first-order valence-corrected chi connectivity index (χ1v) is 9.53. The van der Waals surface area contributed by atoms with Crippen molar-refractivity contribution in [2.45, 2.75) is 32.9 Å². The van der Waals surface area contributed by atoms with E-state index < -0.39 is 0 Å². The molecule has 146 valence electrons. The van der Waals surface area contributed by atoms with Crippen molar-refractivity contribution in [1.29, 1.82) is 0 Å². The zero-order valence-corrected chi connectivity index (χ0v) is 16.4. The van der Waals surface area contributed by atoms with Crippen LogP contribution < -0.4 is 15.5 Å². The van der Waals surface area contributed by atoms with E-state index in [2.05, 4.69) is 47.6 Å². The van der Waals surface area contributed by atoms with Gasteiger partial charge in [-0.25, -0.2) is 15.0 Å². The van der Waals surface area contributed by atoms with E-state index in [9.17, 15) is 4.79 Å². The topological polar surface area (TPSA) is 98.8 Å². The molecule has 0 aliphatic carbocycles. The van der Waals surface area contributed by atoms with E-state index in [0.717, 1.165) is 54.2 Å². The number of carbonyl (C=O) groups excluding carboxylic acids is 1. The molecule has 1 amide bonds. The molecule has 3 aromatic rings. The molecule has 8 nitrogen and oxygen atoms in total. The Labute approximate surface area is 163 Å². The third-order valence-corrected chi connectivity index (χ3v) is 5.41. The quantitative estimate of drug-likeness (QED) is 0.624. The van der Waals surface area contributed by atoms with Crippen LogP contribution in [-0.4, -0.2) is 52.0 Å². The maximum absolute atomic E-state index is 12.0. The SMILES string of the molecule is CNC(=O)c1nc(C)c(C)c(N2CC[C@@H](NCc3ccnc4[nH]ccc34)C2)n1. The van der Waals surface area contributed by atoms with Crippen LogP contribution in [0.3, 0.4) is 0 Å². The molecule has 1 aliphatic heterocycles. The average molecular weight is 379 g/mol. The van der Waals surface area contributed by atoms with Crippen molar-refractivity contribution in [3.8, 4) is 0 Å². The minimum absolute atomic E-state index is 0.226. The van der Waals surface area contributed by atoms with Gasteiger partial charge in [0.15, 0.2) is 0 Å². The predicted octanol–water partition coefficient (Wildman–Crippen LogP) is 1.70. The van der Waals surface area contributed by atoms with Gasteiger partial charge < -0.3 is 20.5 Å². The Bertz CT molecular complexity index is 1010. The summed E-state index contributed by atoms with van der Waals surface area (Å²) in [5, 5.41) is 7.41. The summed E-state index contributed by atoms with van der Waals surface area (Å²) >= 11 is 0. The van der Waals surface area contributed by atoms with Gasteiger partial charge in [0, 0.05) is 61.8 Å². The van der Waals surface area contributed by atoms with Crippen molar-refractivity contribution < 1.29 is 4.79 Å². The van der Waals surface area contributed by atoms with E-state index in [4.69, 9.17) is 0 Å². The minimum atomic E-state index is -0.258. The average Bonchev–Trinajstić information content (AvgIpc) is 3.37. The number of nitrogens with one attached hydrogen (secondary N) is 3. The highest BCUT2D eigenvalue weighted by Gasteiger charge is 2.26. The zero-order valence-electron chi connectivity index (χ0n) is 16.4. The molecule has 8 heteroatoms. The van der Waals surface area contributed by atoms with Gasteiger partial charge in [0.1, 0.15) is 11.5 Å². The second-order valence-electron chi connectivity index (χ2n) is 7.18. The molecule has 0 bridgehead atoms. The van der Waals surface area contributed by atoms with E-state index in [-0.39, 0.29) is 11.7 Å². The Kier molecular flexibility index (Phi) is 4.95. The Balaban J connectivity index is 1.46. The molecule has 4 heterocycles. The normalized spacial score (nSPS) is 16.7. The lowest BCUT2D eigenvalue weighted by molar-refractivity contribution is 0.0952. The Morgan fingerprint density at radius 3 is 3.00 bits per heavy atom. The molecule has 3 aromatic heterocycles. The van der Waals surface area contributed by atoms with Crippen LogP contribution in [0.1, 0.15) is 33.9 Å². The monoisotopic (exact) mass is 379 g/mol. The first-order chi connectivity index (χ1) is 13.6. The molecule has 4 rings (SSSR count). The number of carbonyl (C=O) groups is 1. The van der Waals surface area contributed by atoms with Crippen LogP contribution in [0.15, 0.2) is 24.5 Å². The number of fused-ring (bicyclic) bond motifs is 1. The number of H-pyrrole nitrogens is 1. The van der Waals surface area contributed by atoms with Crippen molar-refractivity contribution in [2.75, 3.05) is 25.0 Å². The zero-order chi connectivity index (χ0) is 19.7. The lowest BCUT2D eigenvalue weighted by atomic mass is 10.1. The van der Waals surface area contributed by atoms with E-state index in [0.29, 0.717) is 6.04 Å². The number of pyridine rings is 1. The van der Waals surface area contributed by atoms with Gasteiger partial charge in [-0.2, -0.15) is 0 Å². The largest absolute Gasteiger partial charge is 0.355 e. The van der Waals surface area contributed by atoms with Gasteiger partial charge in [-0.05, 0) is 38.0 Å². The van der Waals surface area contributed by atoms with Crippen LogP contribution in [0, 0.1) is 13.8 Å². The van der Waals surface area contributed by atoms with E-state index >= 15 is 0 Å². The molecule has 3 N–H and O–H groups in total. The van der Waals surface area contributed by atoms with E-state index in [1.54, 1.807) is 7.05 Å². The van der Waals surface area contributed by atoms with Crippen molar-refractivity contribution in [1.82, 2.24) is 30.6 Å². The maximum Gasteiger partial charge on any atom is 0.288 e. The molecule has 1 atom stereocenters. The van der Waals surface area contributed by atoms with Gasteiger partial charge in [-0.3, -0.25) is 4.79 Å². The predicted molar refractivity (Wildman–Crippen MR) is 108 cm³/mol. The highest BCUT2D eigenvalue weighted by molar-refractivity contribution is 5.90. The number of aromatic nitrogens is 4. The first kappa shape index (κ1) is 18.4. The van der Waals surface area contributed by atoms with Gasteiger partial charge >= 0.3 is 0 Å². The highest BCUT2D eigenvalue weighted by Crippen LogP contribution is 2.24. The lowest BCUT2D eigenvalue weighted by Gasteiger charge is -2.21. The molecule has 0 aromatic carbocycles. The maximum atomic E-state index is 12.0. The summed E-state index contributed by atoms with van der Waals surface area (Å²) in [5.74, 6) is 0.822. The molecule has 28 heavy (non-hydrogen) atoms. The molecule has 0 spiro atoms. The molecule has 0 saturated carbocycles. The third-order valence-electron chi connectivity index (χ3n) is 5.41. The fraction of sp³-hybridized carbons (Fsp3) is 0.400. The van der Waals surface area contributed by atoms with Gasteiger partial charge in [-0.15, -0.1) is 0 Å². The molecular weight excluding hydrogens is 354 g/mol. The van der Waals surface area contributed by atoms with Crippen LogP contribution in [0.4, 0.5) is 5.82 Å². The van der Waals surface area contributed by atoms with Gasteiger partial charge in [0.2, 0.25) is 5.82 Å². The Morgan fingerprint density at radius 2 is 2.18 bits per heavy atom. The van der Waals surface area contributed by atoms with Crippen molar-refractivity contribution in [2.24, 2.45) is 0 Å². The van der Waals surface area contributed by atoms with E-state index in [1.165, 1.54) is 5.56 Å². The molecular formula is C20H25N7O. The second kappa shape index (κ2) is 7.55. The molecule has 1 aliphatic rings. The standard InChI is InChI=1S/C20H25N7O/c1-12-13(2)25-18(20(28)21-3)26-19(12)27-9-6-15(11-27)24-10-14-4-7-22-17-16(14)5-8-23-17/h4-5,7-8,15,24H,6,9-11H2,1-3H3,(H,21,28)(H,22,23)/t15-/m1/s1. The summed E-state index contributed by atoms with van der Waals surface area (Å²) in [6.07, 6.45) is 4.78. The van der Waals surface area contributed by atoms with Crippen molar-refractivity contribution in [3.63, 3.8) is 0 Å². The summed E-state index contributed by atoms with van der Waals surface area (Å²) < 4.78 is 0. The molecule has 1 saturated heterocycles. The first-order valence-electron chi connectivity index (χ1n) is 9.53. The fourth-order valence-electron chi connectivity index (χ4n) is 3.68. The van der Waals surface area contributed by atoms with Gasteiger partial charge in [0.25, 0.3) is 5.91 Å². The number of hydrogen-bond donors (Lipinski definition) is 3. The van der Waals surface area contributed by atoms with Crippen LogP contribution in [0.5, 0.6) is 0 Å². The summed E-state index contributed by atoms with van der Waals surface area (Å²) in [6, 6.07) is 4.48. The Hall–Kier alpha value is -3.00. The summed E-state index contributed by atoms with van der Waals surface area (Å²) in [6.45, 7) is 6.48. The number of aromatic amines is 1. The number of rotatable bonds is 5. The van der Waals surface area contributed by atoms with Gasteiger partial charge in [-0.1, -0.05) is 0 Å². The van der Waals surface area contributed by atoms with Crippen LogP contribution in [0.2, 0.25) is 0 Å². The molecule has 1 fully saturated rings. The third kappa shape index (κ3) is 3.43. The van der Waals surface area contributed by atoms with Crippen LogP contribution >= 0.6 is 0 Å². The van der Waals surface area contributed by atoms with Crippen LogP contribution in [0.25, 0.3) is 11.0 Å². The molecule has 0 radical (unpaired) electrons. The highest BCUT2D eigenvalue weighted by atomic mass is 16.2. The summed E-state index contributed by atoms with van der Waals surface area (Å²) in [4.78, 5) is 30.6. The van der Waals surface area contributed by atoms with Crippen molar-refractivity contribution in [3.05, 3.63) is 47.2 Å². The van der Waals surface area contributed by atoms with Gasteiger partial charge in [0.05, 0.1) is 0 Å². The smallest absolute Gasteiger partial charge is 0.288 e. The van der Waals surface area contributed by atoms with E-state index in [1.807, 2.05) is 26.2 Å². The lowest BCUT2D eigenvalue weighted by Crippen LogP contribution is -2.33. The molecule has 0 unspecified atom stereocenters. The number of nitrogens with zero attached hydrogens (tertiary/aromatic N) is 4. The summed E-state index contributed by atoms with van der Waals surface area (Å²) in [5.41, 5.74) is 4.02. The van der Waals surface area contributed by atoms with Crippen molar-refractivity contribution >= 4 is 22.8 Å². The second-order valence-corrected chi connectivity index (χ2v) is 7.18. The number of anilines is 1. The fourth-order valence-corrected chi connectivity index (χ4v) is 3.68. The number of amides is 1. The number of hydrogen-bond acceptors (Lipinski definition) is 6. The number of aryl methyl sites for hydroxylation is 1. The van der Waals surface area contributed by atoms with Crippen LogP contribution in [-0.2, 0) is 6.54 Å². The summed E-state index contributed by atoms with van der Waals surface area (Å²) in [7, 11) is 1.59. The minimum Gasteiger partial charge on any atom is -0.355 e.